The number of carbonyl (C=O) groups excluding carboxylic acids is 1. The number of anilines is 1. The molecule has 0 N–H and O–H groups in total. The van der Waals surface area contributed by atoms with E-state index in [0.29, 0.717) is 60.0 Å². The Morgan fingerprint density at radius 2 is 1.85 bits per heavy atom. The highest BCUT2D eigenvalue weighted by Gasteiger charge is 2.29. The fourth-order valence-corrected chi connectivity index (χ4v) is 4.72. The van der Waals surface area contributed by atoms with Gasteiger partial charge in [0, 0.05) is 26.2 Å². The average Bonchev–Trinajstić information content (AvgIpc) is 3.20. The van der Waals surface area contributed by atoms with Gasteiger partial charge in [-0.2, -0.15) is 4.99 Å². The van der Waals surface area contributed by atoms with Gasteiger partial charge in [0.1, 0.15) is 5.82 Å². The monoisotopic (exact) mass is 469 g/mol. The Kier molecular flexibility index (Phi) is 7.54. The average molecular weight is 470 g/mol. The molecule has 1 fully saturated rings. The SMILES string of the molecule is CCCCOc1ccc(/C=C2\SC(N3CCN(c4ccccc4F)CC3)=NC2=O)cc1OC. The molecule has 0 spiro atoms. The molecule has 1 saturated heterocycles. The molecule has 4 rings (SSSR count). The minimum absolute atomic E-state index is 0.212. The van der Waals surface area contributed by atoms with E-state index in [-0.39, 0.29) is 11.7 Å². The Morgan fingerprint density at radius 1 is 1.09 bits per heavy atom. The molecule has 0 saturated carbocycles. The third-order valence-electron chi connectivity index (χ3n) is 5.59. The van der Waals surface area contributed by atoms with Crippen LogP contribution in [0, 0.1) is 5.82 Å². The zero-order chi connectivity index (χ0) is 23.2. The van der Waals surface area contributed by atoms with Crippen molar-refractivity contribution in [3.8, 4) is 11.5 Å². The molecule has 6 nitrogen and oxygen atoms in total. The quantitative estimate of drug-likeness (QED) is 0.429. The highest BCUT2D eigenvalue weighted by atomic mass is 32.2. The molecular formula is C25H28FN3O3S. The van der Waals surface area contributed by atoms with Crippen molar-refractivity contribution in [3.63, 3.8) is 0 Å². The normalized spacial score (nSPS) is 17.5. The Labute approximate surface area is 198 Å². The van der Waals surface area contributed by atoms with Gasteiger partial charge >= 0.3 is 0 Å². The molecule has 2 aromatic carbocycles. The lowest BCUT2D eigenvalue weighted by molar-refractivity contribution is -0.113. The Bertz CT molecular complexity index is 1060. The molecule has 0 aliphatic carbocycles. The van der Waals surface area contributed by atoms with Crippen molar-refractivity contribution in [1.82, 2.24) is 4.90 Å². The standard InChI is InChI=1S/C25H28FN3O3S/c1-3-4-15-32-21-10-9-18(16-22(21)31-2)17-23-24(30)27-25(33-23)29-13-11-28(12-14-29)20-8-6-5-7-19(20)26/h5-10,16-17H,3-4,11-15H2,1-2H3/b23-17-. The van der Waals surface area contributed by atoms with Crippen molar-refractivity contribution < 1.29 is 18.7 Å². The Morgan fingerprint density at radius 3 is 2.58 bits per heavy atom. The van der Waals surface area contributed by atoms with Gasteiger partial charge in [-0.25, -0.2) is 4.39 Å². The lowest BCUT2D eigenvalue weighted by atomic mass is 10.2. The highest BCUT2D eigenvalue weighted by molar-refractivity contribution is 8.18. The van der Waals surface area contributed by atoms with Crippen LogP contribution in [0.5, 0.6) is 11.5 Å². The third kappa shape index (κ3) is 5.50. The lowest BCUT2D eigenvalue weighted by Crippen LogP contribution is -2.48. The number of amides is 1. The first-order valence-corrected chi connectivity index (χ1v) is 12.0. The fourth-order valence-electron chi connectivity index (χ4n) is 3.75. The van der Waals surface area contributed by atoms with Crippen LogP contribution in [0.15, 0.2) is 52.4 Å². The summed E-state index contributed by atoms with van der Waals surface area (Å²) >= 11 is 1.38. The van der Waals surface area contributed by atoms with Crippen LogP contribution in [0.1, 0.15) is 25.3 Å². The van der Waals surface area contributed by atoms with E-state index in [2.05, 4.69) is 16.8 Å². The van der Waals surface area contributed by atoms with Crippen molar-refractivity contribution >= 4 is 34.6 Å². The van der Waals surface area contributed by atoms with Crippen molar-refractivity contribution in [2.45, 2.75) is 19.8 Å². The van der Waals surface area contributed by atoms with Crippen LogP contribution in [0.2, 0.25) is 0 Å². The maximum atomic E-state index is 14.1. The summed E-state index contributed by atoms with van der Waals surface area (Å²) in [6, 6.07) is 12.5. The number of hydrogen-bond donors (Lipinski definition) is 0. The Balaban J connectivity index is 1.39. The topological polar surface area (TPSA) is 54.4 Å². The van der Waals surface area contributed by atoms with Crippen LogP contribution in [-0.4, -0.2) is 55.9 Å². The number of piperazine rings is 1. The largest absolute Gasteiger partial charge is 0.493 e. The highest BCUT2D eigenvalue weighted by Crippen LogP contribution is 2.34. The number of amidine groups is 1. The second-order valence-corrected chi connectivity index (χ2v) is 8.86. The molecule has 0 unspecified atom stereocenters. The summed E-state index contributed by atoms with van der Waals surface area (Å²) in [6.45, 7) is 5.46. The maximum Gasteiger partial charge on any atom is 0.286 e. The minimum atomic E-state index is -0.242. The van der Waals surface area contributed by atoms with E-state index in [4.69, 9.17) is 9.47 Å². The summed E-state index contributed by atoms with van der Waals surface area (Å²) in [7, 11) is 1.61. The molecule has 0 atom stereocenters. The molecule has 2 aliphatic heterocycles. The van der Waals surface area contributed by atoms with Crippen LogP contribution in [0.3, 0.4) is 0 Å². The van der Waals surface area contributed by atoms with E-state index in [1.807, 2.05) is 35.2 Å². The van der Waals surface area contributed by atoms with E-state index < -0.39 is 0 Å². The fraction of sp³-hybridized carbons (Fsp3) is 0.360. The van der Waals surface area contributed by atoms with E-state index >= 15 is 0 Å². The van der Waals surface area contributed by atoms with E-state index in [1.165, 1.54) is 17.8 Å². The summed E-state index contributed by atoms with van der Waals surface area (Å²) in [5, 5.41) is 0.700. The molecule has 0 bridgehead atoms. The van der Waals surface area contributed by atoms with Gasteiger partial charge in [0.15, 0.2) is 16.7 Å². The predicted molar refractivity (Wildman–Crippen MR) is 132 cm³/mol. The summed E-state index contributed by atoms with van der Waals surface area (Å²) in [5.41, 5.74) is 1.47. The molecule has 1 amide bonds. The van der Waals surface area contributed by atoms with Crippen LogP contribution in [0.4, 0.5) is 10.1 Å². The van der Waals surface area contributed by atoms with Crippen LogP contribution >= 0.6 is 11.8 Å². The maximum absolute atomic E-state index is 14.1. The molecule has 2 aromatic rings. The van der Waals surface area contributed by atoms with E-state index in [9.17, 15) is 9.18 Å². The first-order valence-electron chi connectivity index (χ1n) is 11.2. The minimum Gasteiger partial charge on any atom is -0.493 e. The van der Waals surface area contributed by atoms with Gasteiger partial charge in [0.2, 0.25) is 0 Å². The Hall–Kier alpha value is -3.00. The van der Waals surface area contributed by atoms with Gasteiger partial charge < -0.3 is 19.3 Å². The molecule has 2 heterocycles. The number of aliphatic imine (C=N–C) groups is 1. The van der Waals surface area contributed by atoms with Crippen molar-refractivity contribution in [2.75, 3.05) is 44.8 Å². The number of carbonyl (C=O) groups is 1. The van der Waals surface area contributed by atoms with Crippen LogP contribution < -0.4 is 14.4 Å². The summed E-state index contributed by atoms with van der Waals surface area (Å²) < 4.78 is 25.3. The second kappa shape index (κ2) is 10.7. The van der Waals surface area contributed by atoms with Gasteiger partial charge in [-0.05, 0) is 54.1 Å². The van der Waals surface area contributed by atoms with Crippen LogP contribution in [-0.2, 0) is 4.79 Å². The number of benzene rings is 2. The smallest absolute Gasteiger partial charge is 0.286 e. The molecule has 0 aromatic heterocycles. The van der Waals surface area contributed by atoms with Crippen molar-refractivity contribution in [2.24, 2.45) is 4.99 Å². The summed E-state index contributed by atoms with van der Waals surface area (Å²) in [4.78, 5) is 21.5. The molecule has 0 radical (unpaired) electrons. The number of hydrogen-bond acceptors (Lipinski definition) is 6. The first-order chi connectivity index (χ1) is 16.1. The summed E-state index contributed by atoms with van der Waals surface area (Å²) in [6.07, 6.45) is 3.87. The van der Waals surface area contributed by atoms with Crippen molar-refractivity contribution in [1.29, 1.82) is 0 Å². The molecule has 2 aliphatic rings. The predicted octanol–water partition coefficient (Wildman–Crippen LogP) is 4.81. The lowest BCUT2D eigenvalue weighted by Gasteiger charge is -2.36. The van der Waals surface area contributed by atoms with E-state index in [0.717, 1.165) is 18.4 Å². The number of rotatable bonds is 7. The van der Waals surface area contributed by atoms with Gasteiger partial charge in [0.25, 0.3) is 5.91 Å². The van der Waals surface area contributed by atoms with Gasteiger partial charge in [-0.1, -0.05) is 31.5 Å². The first kappa shape index (κ1) is 23.2. The zero-order valence-electron chi connectivity index (χ0n) is 18.9. The number of methoxy groups -OCH3 is 1. The molecule has 174 valence electrons. The zero-order valence-corrected chi connectivity index (χ0v) is 19.7. The molecule has 33 heavy (non-hydrogen) atoms. The molecule has 8 heteroatoms. The number of para-hydroxylation sites is 1. The number of ether oxygens (including phenoxy) is 2. The second-order valence-electron chi connectivity index (χ2n) is 7.85. The number of halogens is 1. The van der Waals surface area contributed by atoms with Crippen LogP contribution in [0.25, 0.3) is 6.08 Å². The third-order valence-corrected chi connectivity index (χ3v) is 6.64. The van der Waals surface area contributed by atoms with Gasteiger partial charge in [0.05, 0.1) is 24.3 Å². The van der Waals surface area contributed by atoms with E-state index in [1.54, 1.807) is 19.2 Å². The number of thioether (sulfide) groups is 1. The molecular weight excluding hydrogens is 441 g/mol. The number of unbranched alkanes of at least 4 members (excludes halogenated alkanes) is 1. The summed E-state index contributed by atoms with van der Waals surface area (Å²) in [5.74, 6) is 0.884. The number of nitrogens with zero attached hydrogens (tertiary/aromatic N) is 3. The van der Waals surface area contributed by atoms with Crippen molar-refractivity contribution in [3.05, 3.63) is 58.8 Å². The van der Waals surface area contributed by atoms with Gasteiger partial charge in [-0.15, -0.1) is 0 Å². The van der Waals surface area contributed by atoms with Gasteiger partial charge in [-0.3, -0.25) is 4.79 Å².